The van der Waals surface area contributed by atoms with Crippen molar-refractivity contribution in [2.75, 3.05) is 0 Å². The molecule has 1 nitrogen and oxygen atoms in total. The van der Waals surface area contributed by atoms with E-state index in [0.717, 1.165) is 5.57 Å². The summed E-state index contributed by atoms with van der Waals surface area (Å²) in [5.74, 6) is 1.93. The second kappa shape index (κ2) is 9.11. The predicted molar refractivity (Wildman–Crippen MR) is 61.3 cm³/mol. The summed E-state index contributed by atoms with van der Waals surface area (Å²) >= 11 is 0. The molecule has 0 heterocycles. The normalized spacial score (nSPS) is 10.8. The van der Waals surface area contributed by atoms with Crippen molar-refractivity contribution in [1.29, 1.82) is 0 Å². The summed E-state index contributed by atoms with van der Waals surface area (Å²) in [5.41, 5.74) is 1.08. The quantitative estimate of drug-likeness (QED) is 0.406. The van der Waals surface area contributed by atoms with Crippen molar-refractivity contribution in [3.8, 4) is 0 Å². The molecule has 76 valence electrons. The van der Waals surface area contributed by atoms with Crippen molar-refractivity contribution < 1.29 is 17.1 Å². The van der Waals surface area contributed by atoms with Gasteiger partial charge in [0.2, 0.25) is 0 Å². The molecule has 0 fully saturated rings. The number of hydrogen-bond acceptors (Lipinski definition) is 0. The Morgan fingerprint density at radius 1 is 1.13 bits per heavy atom. The van der Waals surface area contributed by atoms with Crippen LogP contribution in [0.2, 0.25) is 0 Å². The molecule has 1 aromatic rings. The van der Waals surface area contributed by atoms with Crippen LogP contribution in [-0.4, -0.2) is 5.87 Å². The van der Waals surface area contributed by atoms with Crippen molar-refractivity contribution in [2.24, 2.45) is 0 Å². The molecular formula is C13H11FeN. The monoisotopic (exact) mass is 237 g/mol. The molecule has 2 heteroatoms. The standard InChI is InChI=1S/C8H6N.C5H5.Fe/c9-7-3-6-8-4-1-2-5-8;1-2-4-5-3-1;/h1-6H;1-5H;/q2*-1;+2. The number of hydrogen-bond donors (Lipinski definition) is 0. The minimum Gasteiger partial charge on any atom is -0.763 e. The molecule has 0 saturated carbocycles. The Morgan fingerprint density at radius 2 is 1.73 bits per heavy atom. The van der Waals surface area contributed by atoms with Crippen LogP contribution in [0.15, 0.2) is 72.4 Å². The average molecular weight is 237 g/mol. The molecule has 0 N–H and O–H groups in total. The van der Waals surface area contributed by atoms with Crippen molar-refractivity contribution in [1.82, 2.24) is 0 Å². The Bertz CT molecular complexity index is 345. The van der Waals surface area contributed by atoms with Gasteiger partial charge >= 0.3 is 17.1 Å². The van der Waals surface area contributed by atoms with Gasteiger partial charge in [0.05, 0.1) is 0 Å². The molecule has 0 radical (unpaired) electrons. The van der Waals surface area contributed by atoms with Gasteiger partial charge in [-0.1, -0.05) is 24.3 Å². The van der Waals surface area contributed by atoms with Crippen LogP contribution in [-0.2, 0) is 17.1 Å². The molecule has 1 aliphatic carbocycles. The molecule has 2 rings (SSSR count). The van der Waals surface area contributed by atoms with Gasteiger partial charge in [0.1, 0.15) is 0 Å². The van der Waals surface area contributed by atoms with Gasteiger partial charge in [-0.05, 0) is 17.7 Å². The molecule has 0 aliphatic heterocycles. The zero-order valence-corrected chi connectivity index (χ0v) is 9.26. The Balaban J connectivity index is 0.000000280. The van der Waals surface area contributed by atoms with Gasteiger partial charge < -0.3 is 5.41 Å². The third-order valence-corrected chi connectivity index (χ3v) is 1.59. The fourth-order valence-corrected chi connectivity index (χ4v) is 0.954. The van der Waals surface area contributed by atoms with Crippen LogP contribution in [0.25, 0.3) is 5.41 Å². The van der Waals surface area contributed by atoms with Gasteiger partial charge in [0.25, 0.3) is 0 Å². The van der Waals surface area contributed by atoms with E-state index in [0.29, 0.717) is 0 Å². The summed E-state index contributed by atoms with van der Waals surface area (Å²) in [6, 6.07) is 10.0. The summed E-state index contributed by atoms with van der Waals surface area (Å²) in [6.07, 6.45) is 11.0. The first-order valence-electron chi connectivity index (χ1n) is 4.38. The number of allylic oxidation sites excluding steroid dienone is 7. The Hall–Kier alpha value is -1.46. The second-order valence-electron chi connectivity index (χ2n) is 2.64. The maximum absolute atomic E-state index is 8.13. The van der Waals surface area contributed by atoms with Crippen LogP contribution in [0.3, 0.4) is 0 Å². The number of nitrogens with zero attached hydrogens (tertiary/aromatic N) is 1. The molecule has 0 unspecified atom stereocenters. The van der Waals surface area contributed by atoms with E-state index >= 15 is 0 Å². The Kier molecular flexibility index (Phi) is 8.22. The molecule has 0 saturated heterocycles. The predicted octanol–water partition coefficient (Wildman–Crippen LogP) is 3.24. The average Bonchev–Trinajstić information content (AvgIpc) is 2.90. The van der Waals surface area contributed by atoms with E-state index in [4.69, 9.17) is 5.41 Å². The molecule has 0 spiro atoms. The smallest absolute Gasteiger partial charge is 0.763 e. The molecule has 0 atom stereocenters. The van der Waals surface area contributed by atoms with E-state index in [1.54, 1.807) is 6.08 Å². The third kappa shape index (κ3) is 6.59. The fraction of sp³-hybridized carbons (Fsp3) is 0. The van der Waals surface area contributed by atoms with Crippen molar-refractivity contribution in [3.05, 3.63) is 77.8 Å². The maximum atomic E-state index is 8.13. The molecule has 0 bridgehead atoms. The minimum atomic E-state index is 0. The van der Waals surface area contributed by atoms with Gasteiger partial charge in [-0.25, -0.2) is 12.1 Å². The molecule has 0 aromatic heterocycles. The zero-order valence-electron chi connectivity index (χ0n) is 8.15. The molecule has 1 aromatic carbocycles. The van der Waals surface area contributed by atoms with Crippen LogP contribution in [0, 0.1) is 0 Å². The summed E-state index contributed by atoms with van der Waals surface area (Å²) in [6.45, 7) is 0. The fourth-order valence-electron chi connectivity index (χ4n) is 0.954. The van der Waals surface area contributed by atoms with Gasteiger partial charge in [-0.3, -0.25) is 5.87 Å². The maximum Gasteiger partial charge on any atom is 2.00 e. The summed E-state index contributed by atoms with van der Waals surface area (Å²) in [4.78, 5) is 0. The van der Waals surface area contributed by atoms with Crippen molar-refractivity contribution >= 4 is 5.87 Å². The first kappa shape index (κ1) is 13.5. The van der Waals surface area contributed by atoms with E-state index in [-0.39, 0.29) is 17.1 Å². The number of rotatable bonds is 1. The van der Waals surface area contributed by atoms with Crippen LogP contribution >= 0.6 is 0 Å². The van der Waals surface area contributed by atoms with Crippen LogP contribution in [0.1, 0.15) is 0 Å². The Morgan fingerprint density at radius 3 is 2.13 bits per heavy atom. The van der Waals surface area contributed by atoms with Crippen molar-refractivity contribution in [3.63, 3.8) is 0 Å². The van der Waals surface area contributed by atoms with E-state index in [1.165, 1.54) is 6.08 Å². The first-order chi connectivity index (χ1) is 6.93. The Labute approximate surface area is 101 Å². The van der Waals surface area contributed by atoms with Gasteiger partial charge in [-0.15, -0.1) is 0 Å². The molecule has 1 aliphatic rings. The van der Waals surface area contributed by atoms with Crippen LogP contribution < -0.4 is 0 Å². The third-order valence-electron chi connectivity index (χ3n) is 1.59. The van der Waals surface area contributed by atoms with E-state index in [1.807, 2.05) is 60.5 Å². The summed E-state index contributed by atoms with van der Waals surface area (Å²) in [7, 11) is 0. The summed E-state index contributed by atoms with van der Waals surface area (Å²) in [5, 5.41) is 8.13. The second-order valence-corrected chi connectivity index (χ2v) is 2.64. The van der Waals surface area contributed by atoms with Crippen LogP contribution in [0.5, 0.6) is 0 Å². The van der Waals surface area contributed by atoms with Gasteiger partial charge in [-0.2, -0.15) is 18.2 Å². The molecule has 0 amide bonds. The molecular weight excluding hydrogens is 226 g/mol. The van der Waals surface area contributed by atoms with Gasteiger partial charge in [0.15, 0.2) is 0 Å². The largest absolute Gasteiger partial charge is 2.00 e. The van der Waals surface area contributed by atoms with E-state index < -0.39 is 0 Å². The van der Waals surface area contributed by atoms with E-state index in [9.17, 15) is 0 Å². The minimum absolute atomic E-state index is 0. The molecule has 15 heavy (non-hydrogen) atoms. The zero-order chi connectivity index (χ0) is 10.1. The van der Waals surface area contributed by atoms with Crippen LogP contribution in [0.4, 0.5) is 0 Å². The summed E-state index contributed by atoms with van der Waals surface area (Å²) < 4.78 is 0. The first-order valence-corrected chi connectivity index (χ1v) is 4.38. The van der Waals surface area contributed by atoms with Crippen molar-refractivity contribution in [2.45, 2.75) is 0 Å². The van der Waals surface area contributed by atoms with Gasteiger partial charge in [0, 0.05) is 0 Å². The topological polar surface area (TPSA) is 22.3 Å². The van der Waals surface area contributed by atoms with E-state index in [2.05, 4.69) is 0 Å². The SMILES string of the molecule is [Fe+2].[N-]=C=CC=C1C=CC=C1.c1cc[cH-]c1.